The van der Waals surface area contributed by atoms with Gasteiger partial charge in [0, 0.05) is 38.3 Å². The van der Waals surface area contributed by atoms with Gasteiger partial charge in [0.25, 0.3) is 0 Å². The van der Waals surface area contributed by atoms with Gasteiger partial charge in [-0.05, 0) is 39.5 Å². The first kappa shape index (κ1) is 16.7. The third kappa shape index (κ3) is 3.76. The van der Waals surface area contributed by atoms with Crippen molar-refractivity contribution in [1.82, 2.24) is 9.80 Å². The topological polar surface area (TPSA) is 58.8 Å². The smallest absolute Gasteiger partial charge is 0.326 e. The minimum Gasteiger partial charge on any atom is -0.465 e. The van der Waals surface area contributed by atoms with Crippen LogP contribution in [0.3, 0.4) is 0 Å². The highest BCUT2D eigenvalue weighted by Gasteiger charge is 2.45. The molecule has 2 aliphatic rings. The predicted molar refractivity (Wildman–Crippen MR) is 84.1 cm³/mol. The van der Waals surface area contributed by atoms with E-state index in [0.29, 0.717) is 18.7 Å². The van der Waals surface area contributed by atoms with E-state index in [1.807, 2.05) is 6.92 Å². The van der Waals surface area contributed by atoms with Crippen LogP contribution in [0.4, 0.5) is 0 Å². The van der Waals surface area contributed by atoms with E-state index in [2.05, 4.69) is 23.6 Å². The molecule has 5 nitrogen and oxygen atoms in total. The fourth-order valence-electron chi connectivity index (χ4n) is 3.62. The Bertz CT molecular complexity index is 355. The van der Waals surface area contributed by atoms with Crippen LogP contribution in [0.2, 0.25) is 0 Å². The van der Waals surface area contributed by atoms with Crippen LogP contribution in [0.1, 0.15) is 46.5 Å². The molecule has 1 saturated carbocycles. The number of rotatable bonds is 5. The summed E-state index contributed by atoms with van der Waals surface area (Å²) in [7, 11) is 0. The summed E-state index contributed by atoms with van der Waals surface area (Å²) >= 11 is 0. The maximum atomic E-state index is 12.0. The zero-order valence-corrected chi connectivity index (χ0v) is 13.8. The lowest BCUT2D eigenvalue weighted by Gasteiger charge is -2.40. The van der Waals surface area contributed by atoms with Crippen LogP contribution in [0, 0.1) is 0 Å². The van der Waals surface area contributed by atoms with Crippen LogP contribution in [-0.2, 0) is 9.53 Å². The maximum Gasteiger partial charge on any atom is 0.326 e. The Balaban J connectivity index is 1.84. The lowest BCUT2D eigenvalue weighted by Crippen LogP contribution is -2.53. The van der Waals surface area contributed by atoms with E-state index in [1.54, 1.807) is 0 Å². The molecule has 1 saturated heterocycles. The summed E-state index contributed by atoms with van der Waals surface area (Å²) in [5.74, 6) is -0.217. The summed E-state index contributed by atoms with van der Waals surface area (Å²) in [6.45, 7) is 11.2. The molecule has 0 spiro atoms. The fraction of sp³-hybridized carbons (Fsp3) is 0.938. The molecule has 0 aromatic heterocycles. The standard InChI is InChI=1S/C16H31N3O2/c1-4-13(3)18-8-10-19(11-9-18)14-6-7-16(17,12-14)15(20)21-5-2/h13-14H,4-12,17H2,1-3H3. The second kappa shape index (κ2) is 7.07. The lowest BCUT2D eigenvalue weighted by atomic mass is 9.99. The summed E-state index contributed by atoms with van der Waals surface area (Å²) in [6.07, 6.45) is 3.72. The molecule has 122 valence electrons. The van der Waals surface area contributed by atoms with Gasteiger partial charge >= 0.3 is 5.97 Å². The van der Waals surface area contributed by atoms with Gasteiger partial charge in [-0.3, -0.25) is 14.6 Å². The summed E-state index contributed by atoms with van der Waals surface area (Å²) in [5, 5.41) is 0. The SMILES string of the molecule is CCOC(=O)C1(N)CCC(N2CCN(C(C)CC)CC2)C1. The van der Waals surface area contributed by atoms with Crippen LogP contribution >= 0.6 is 0 Å². The average molecular weight is 297 g/mol. The first-order valence-corrected chi connectivity index (χ1v) is 8.44. The van der Waals surface area contributed by atoms with Gasteiger partial charge < -0.3 is 10.5 Å². The van der Waals surface area contributed by atoms with Crippen molar-refractivity contribution in [2.45, 2.75) is 64.1 Å². The minimum absolute atomic E-state index is 0.217. The lowest BCUT2D eigenvalue weighted by molar-refractivity contribution is -0.149. The number of hydrogen-bond acceptors (Lipinski definition) is 5. The largest absolute Gasteiger partial charge is 0.465 e. The maximum absolute atomic E-state index is 12.0. The molecule has 3 atom stereocenters. The molecule has 0 aromatic carbocycles. The van der Waals surface area contributed by atoms with E-state index in [0.717, 1.165) is 45.4 Å². The number of carbonyl (C=O) groups excluding carboxylic acids is 1. The fourth-order valence-corrected chi connectivity index (χ4v) is 3.62. The molecule has 5 heteroatoms. The van der Waals surface area contributed by atoms with Gasteiger partial charge in [0.15, 0.2) is 0 Å². The quantitative estimate of drug-likeness (QED) is 0.773. The number of nitrogens with zero attached hydrogens (tertiary/aromatic N) is 2. The van der Waals surface area contributed by atoms with Gasteiger partial charge in [-0.2, -0.15) is 0 Å². The van der Waals surface area contributed by atoms with Gasteiger partial charge in [-0.1, -0.05) is 6.92 Å². The van der Waals surface area contributed by atoms with Crippen LogP contribution in [-0.4, -0.2) is 66.2 Å². The molecule has 1 aliphatic heterocycles. The van der Waals surface area contributed by atoms with Gasteiger partial charge in [0.1, 0.15) is 5.54 Å². The van der Waals surface area contributed by atoms with Crippen LogP contribution < -0.4 is 5.73 Å². The van der Waals surface area contributed by atoms with Crippen molar-refractivity contribution in [2.75, 3.05) is 32.8 Å². The molecule has 2 fully saturated rings. The van der Waals surface area contributed by atoms with Crippen molar-refractivity contribution < 1.29 is 9.53 Å². The van der Waals surface area contributed by atoms with Crippen molar-refractivity contribution >= 4 is 5.97 Å². The number of hydrogen-bond donors (Lipinski definition) is 1. The summed E-state index contributed by atoms with van der Waals surface area (Å²) in [5.41, 5.74) is 5.52. The van der Waals surface area contributed by atoms with Crippen molar-refractivity contribution in [3.8, 4) is 0 Å². The molecule has 1 heterocycles. The number of esters is 1. The van der Waals surface area contributed by atoms with E-state index in [-0.39, 0.29) is 5.97 Å². The Morgan fingerprint density at radius 3 is 2.57 bits per heavy atom. The minimum atomic E-state index is -0.755. The number of piperazine rings is 1. The molecule has 0 aromatic rings. The molecule has 0 amide bonds. The van der Waals surface area contributed by atoms with E-state index < -0.39 is 5.54 Å². The van der Waals surface area contributed by atoms with Crippen LogP contribution in [0.5, 0.6) is 0 Å². The van der Waals surface area contributed by atoms with Crippen molar-refractivity contribution in [3.63, 3.8) is 0 Å². The molecule has 3 unspecified atom stereocenters. The first-order valence-electron chi connectivity index (χ1n) is 8.44. The highest BCUT2D eigenvalue weighted by atomic mass is 16.5. The van der Waals surface area contributed by atoms with Crippen LogP contribution in [0.15, 0.2) is 0 Å². The van der Waals surface area contributed by atoms with E-state index in [4.69, 9.17) is 10.5 Å². The molecule has 2 rings (SSSR count). The Kier molecular flexibility index (Phi) is 5.63. The number of carbonyl (C=O) groups is 1. The number of ether oxygens (including phenoxy) is 1. The Hall–Kier alpha value is -0.650. The van der Waals surface area contributed by atoms with Crippen molar-refractivity contribution in [3.05, 3.63) is 0 Å². The predicted octanol–water partition coefficient (Wildman–Crippen LogP) is 1.22. The Morgan fingerprint density at radius 1 is 1.33 bits per heavy atom. The zero-order valence-electron chi connectivity index (χ0n) is 13.8. The van der Waals surface area contributed by atoms with E-state index >= 15 is 0 Å². The molecule has 2 N–H and O–H groups in total. The normalized spacial score (nSPS) is 33.0. The van der Waals surface area contributed by atoms with Crippen molar-refractivity contribution in [1.29, 1.82) is 0 Å². The average Bonchev–Trinajstić information content (AvgIpc) is 2.91. The van der Waals surface area contributed by atoms with E-state index in [1.165, 1.54) is 6.42 Å². The molecule has 0 bridgehead atoms. The van der Waals surface area contributed by atoms with Crippen molar-refractivity contribution in [2.24, 2.45) is 5.73 Å². The highest BCUT2D eigenvalue weighted by molar-refractivity contribution is 5.81. The monoisotopic (exact) mass is 297 g/mol. The third-order valence-electron chi connectivity index (χ3n) is 5.28. The Morgan fingerprint density at radius 2 is 2.00 bits per heavy atom. The van der Waals surface area contributed by atoms with Gasteiger partial charge in [-0.15, -0.1) is 0 Å². The second-order valence-electron chi connectivity index (χ2n) is 6.60. The summed E-state index contributed by atoms with van der Waals surface area (Å²) in [4.78, 5) is 17.1. The first-order chi connectivity index (χ1) is 10.00. The summed E-state index contributed by atoms with van der Waals surface area (Å²) < 4.78 is 5.14. The van der Waals surface area contributed by atoms with Gasteiger partial charge in [0.2, 0.25) is 0 Å². The van der Waals surface area contributed by atoms with Gasteiger partial charge in [0.05, 0.1) is 6.61 Å². The second-order valence-corrected chi connectivity index (χ2v) is 6.60. The summed E-state index contributed by atoms with van der Waals surface area (Å²) in [6, 6.07) is 1.11. The highest BCUT2D eigenvalue weighted by Crippen LogP contribution is 2.33. The molecular weight excluding hydrogens is 266 g/mol. The van der Waals surface area contributed by atoms with E-state index in [9.17, 15) is 4.79 Å². The van der Waals surface area contributed by atoms with Gasteiger partial charge in [-0.25, -0.2) is 0 Å². The molecular formula is C16H31N3O2. The van der Waals surface area contributed by atoms with Crippen LogP contribution in [0.25, 0.3) is 0 Å². The molecule has 1 aliphatic carbocycles. The molecule has 0 radical (unpaired) electrons. The third-order valence-corrected chi connectivity index (χ3v) is 5.28. The molecule has 21 heavy (non-hydrogen) atoms. The Labute approximate surface area is 128 Å². The zero-order chi connectivity index (χ0) is 15.5. The number of nitrogens with two attached hydrogens (primary N) is 1.